The number of nitrogens with zero attached hydrogens (tertiary/aromatic N) is 2. The number of fused-ring (bicyclic) bond motifs is 1. The van der Waals surface area contributed by atoms with Crippen LogP contribution in [0.3, 0.4) is 0 Å². The van der Waals surface area contributed by atoms with E-state index in [1.54, 1.807) is 36.8 Å². The number of aryl methyl sites for hydroxylation is 1. The molecule has 0 aliphatic rings. The summed E-state index contributed by atoms with van der Waals surface area (Å²) >= 11 is 0. The second kappa shape index (κ2) is 8.11. The minimum atomic E-state index is -0.578. The van der Waals surface area contributed by atoms with Gasteiger partial charge in [0.2, 0.25) is 11.3 Å². The third-order valence-electron chi connectivity index (χ3n) is 3.92. The summed E-state index contributed by atoms with van der Waals surface area (Å²) in [6, 6.07) is 6.94. The highest BCUT2D eigenvalue weighted by Gasteiger charge is 2.13. The van der Waals surface area contributed by atoms with E-state index < -0.39 is 5.91 Å². The Labute approximate surface area is 149 Å². The Morgan fingerprint density at radius 2 is 2.04 bits per heavy atom. The lowest BCUT2D eigenvalue weighted by Gasteiger charge is -2.07. The molecule has 2 heterocycles. The first-order chi connectivity index (χ1) is 12.6. The molecule has 8 nitrogen and oxygen atoms in total. The lowest BCUT2D eigenvalue weighted by Crippen LogP contribution is -2.38. The first-order valence-corrected chi connectivity index (χ1v) is 8.26. The smallest absolute Gasteiger partial charge is 0.257 e. The fourth-order valence-electron chi connectivity index (χ4n) is 2.56. The van der Waals surface area contributed by atoms with E-state index in [4.69, 9.17) is 0 Å². The van der Waals surface area contributed by atoms with Gasteiger partial charge in [-0.05, 0) is 18.6 Å². The maximum Gasteiger partial charge on any atom is 0.257 e. The molecule has 26 heavy (non-hydrogen) atoms. The van der Waals surface area contributed by atoms with Gasteiger partial charge in [-0.2, -0.15) is 0 Å². The molecule has 0 atom stereocenters. The van der Waals surface area contributed by atoms with Gasteiger partial charge in [0, 0.05) is 42.6 Å². The zero-order valence-corrected chi connectivity index (χ0v) is 14.1. The highest BCUT2D eigenvalue weighted by atomic mass is 16.2. The maximum atomic E-state index is 12.3. The van der Waals surface area contributed by atoms with Gasteiger partial charge in [0.1, 0.15) is 5.56 Å². The van der Waals surface area contributed by atoms with Gasteiger partial charge in [-0.15, -0.1) is 0 Å². The number of amides is 2. The van der Waals surface area contributed by atoms with E-state index in [2.05, 4.69) is 20.6 Å². The van der Waals surface area contributed by atoms with E-state index in [0.717, 1.165) is 13.0 Å². The molecule has 0 spiro atoms. The molecule has 0 radical (unpaired) electrons. The lowest BCUT2D eigenvalue weighted by atomic mass is 10.1. The summed E-state index contributed by atoms with van der Waals surface area (Å²) in [7, 11) is 0. The standard InChI is InChI=1S/C18H19N5O3/c24-16(20-6-3-8-23-9-7-19-12-23)11-22-18(26)14-10-21-15-5-2-1-4-13(15)17(14)25/h1-2,4-5,7,9-10,12H,3,6,8,11H2,(H,20,24)(H,21,25)(H,22,26). The fraction of sp³-hybridized carbons (Fsp3) is 0.222. The number of aromatic amines is 1. The van der Waals surface area contributed by atoms with Crippen molar-refractivity contribution in [2.24, 2.45) is 0 Å². The molecular formula is C18H19N5O3. The van der Waals surface area contributed by atoms with Crippen molar-refractivity contribution >= 4 is 22.7 Å². The van der Waals surface area contributed by atoms with Gasteiger partial charge in [0.15, 0.2) is 0 Å². The van der Waals surface area contributed by atoms with Crippen LogP contribution in [0.1, 0.15) is 16.8 Å². The summed E-state index contributed by atoms with van der Waals surface area (Å²) in [5.74, 6) is -0.883. The predicted octanol–water partition coefficient (Wildman–Crippen LogP) is 0.661. The quantitative estimate of drug-likeness (QED) is 0.542. The third-order valence-corrected chi connectivity index (χ3v) is 3.92. The number of hydrogen-bond donors (Lipinski definition) is 3. The van der Waals surface area contributed by atoms with Crippen molar-refractivity contribution in [2.75, 3.05) is 13.1 Å². The van der Waals surface area contributed by atoms with Crippen molar-refractivity contribution in [3.8, 4) is 0 Å². The average molecular weight is 353 g/mol. The fourth-order valence-corrected chi connectivity index (χ4v) is 2.56. The molecule has 8 heteroatoms. The molecule has 0 saturated heterocycles. The minimum Gasteiger partial charge on any atom is -0.360 e. The number of H-pyrrole nitrogens is 1. The number of rotatable bonds is 7. The van der Waals surface area contributed by atoms with Crippen molar-refractivity contribution in [2.45, 2.75) is 13.0 Å². The van der Waals surface area contributed by atoms with Gasteiger partial charge in [-0.25, -0.2) is 4.98 Å². The van der Waals surface area contributed by atoms with Crippen LogP contribution in [0.15, 0.2) is 54.0 Å². The van der Waals surface area contributed by atoms with Crippen molar-refractivity contribution in [1.29, 1.82) is 0 Å². The van der Waals surface area contributed by atoms with Crippen LogP contribution in [0.4, 0.5) is 0 Å². The third kappa shape index (κ3) is 4.15. The molecule has 0 unspecified atom stereocenters. The molecule has 3 aromatic rings. The van der Waals surface area contributed by atoms with Gasteiger partial charge in [0.25, 0.3) is 5.91 Å². The lowest BCUT2D eigenvalue weighted by molar-refractivity contribution is -0.120. The number of nitrogens with one attached hydrogen (secondary N) is 3. The number of benzene rings is 1. The summed E-state index contributed by atoms with van der Waals surface area (Å²) in [4.78, 5) is 43.2. The second-order valence-electron chi connectivity index (χ2n) is 5.76. The molecule has 3 N–H and O–H groups in total. The Balaban J connectivity index is 1.48. The van der Waals surface area contributed by atoms with Gasteiger partial charge >= 0.3 is 0 Å². The van der Waals surface area contributed by atoms with Crippen molar-refractivity contribution in [3.63, 3.8) is 0 Å². The zero-order valence-electron chi connectivity index (χ0n) is 14.1. The Morgan fingerprint density at radius 3 is 2.85 bits per heavy atom. The van der Waals surface area contributed by atoms with Crippen LogP contribution >= 0.6 is 0 Å². The largest absolute Gasteiger partial charge is 0.360 e. The zero-order chi connectivity index (χ0) is 18.4. The molecule has 134 valence electrons. The van der Waals surface area contributed by atoms with Gasteiger partial charge < -0.3 is 20.2 Å². The van der Waals surface area contributed by atoms with Crippen LogP contribution in [0.5, 0.6) is 0 Å². The molecule has 1 aromatic carbocycles. The van der Waals surface area contributed by atoms with E-state index >= 15 is 0 Å². The number of carbonyl (C=O) groups excluding carboxylic acids is 2. The number of pyridine rings is 1. The molecule has 2 aromatic heterocycles. The summed E-state index contributed by atoms with van der Waals surface area (Å²) in [6.45, 7) is 1.05. The summed E-state index contributed by atoms with van der Waals surface area (Å²) < 4.78 is 1.92. The predicted molar refractivity (Wildman–Crippen MR) is 96.8 cm³/mol. The van der Waals surface area contributed by atoms with E-state index in [1.807, 2.05) is 10.8 Å². The van der Waals surface area contributed by atoms with Crippen molar-refractivity contribution in [1.82, 2.24) is 25.2 Å². The monoisotopic (exact) mass is 353 g/mol. The van der Waals surface area contributed by atoms with Crippen LogP contribution < -0.4 is 16.1 Å². The van der Waals surface area contributed by atoms with Crippen LogP contribution in [-0.2, 0) is 11.3 Å². The van der Waals surface area contributed by atoms with Crippen molar-refractivity contribution in [3.05, 3.63) is 65.0 Å². The molecule has 0 saturated carbocycles. The normalized spacial score (nSPS) is 10.6. The molecule has 0 aliphatic heterocycles. The van der Waals surface area contributed by atoms with Gasteiger partial charge in [-0.1, -0.05) is 12.1 Å². The van der Waals surface area contributed by atoms with Crippen LogP contribution in [-0.4, -0.2) is 39.4 Å². The number of hydrogen-bond acceptors (Lipinski definition) is 4. The highest BCUT2D eigenvalue weighted by molar-refractivity contribution is 5.98. The van der Waals surface area contributed by atoms with E-state index in [0.29, 0.717) is 17.4 Å². The SMILES string of the molecule is O=C(CNC(=O)c1c[nH]c2ccccc2c1=O)NCCCn1ccnc1. The molecule has 3 rings (SSSR count). The number of para-hydroxylation sites is 1. The van der Waals surface area contributed by atoms with E-state index in [1.165, 1.54) is 6.20 Å². The summed E-state index contributed by atoms with van der Waals surface area (Å²) in [5, 5.41) is 5.63. The molecule has 0 fully saturated rings. The average Bonchev–Trinajstić information content (AvgIpc) is 3.17. The maximum absolute atomic E-state index is 12.3. The van der Waals surface area contributed by atoms with Crippen LogP contribution in [0.25, 0.3) is 10.9 Å². The minimum absolute atomic E-state index is 0.0170. The topological polar surface area (TPSA) is 109 Å². The van der Waals surface area contributed by atoms with Gasteiger partial charge in [-0.3, -0.25) is 14.4 Å². The summed E-state index contributed by atoms with van der Waals surface area (Å²) in [6.07, 6.45) is 7.37. The Morgan fingerprint density at radius 1 is 1.19 bits per heavy atom. The van der Waals surface area contributed by atoms with E-state index in [9.17, 15) is 14.4 Å². The Bertz CT molecular complexity index is 962. The number of imidazole rings is 1. The molecule has 0 bridgehead atoms. The van der Waals surface area contributed by atoms with Crippen LogP contribution in [0.2, 0.25) is 0 Å². The van der Waals surface area contributed by atoms with Crippen LogP contribution in [0, 0.1) is 0 Å². The Hall–Kier alpha value is -3.42. The van der Waals surface area contributed by atoms with E-state index in [-0.39, 0.29) is 23.4 Å². The number of aromatic nitrogens is 3. The highest BCUT2D eigenvalue weighted by Crippen LogP contribution is 2.06. The number of carbonyl (C=O) groups is 2. The first kappa shape index (κ1) is 17.4. The molecular weight excluding hydrogens is 334 g/mol. The Kier molecular flexibility index (Phi) is 5.43. The van der Waals surface area contributed by atoms with Gasteiger partial charge in [0.05, 0.1) is 12.9 Å². The first-order valence-electron chi connectivity index (χ1n) is 8.26. The molecule has 2 amide bonds. The van der Waals surface area contributed by atoms with Crippen molar-refractivity contribution < 1.29 is 9.59 Å². The summed E-state index contributed by atoms with van der Waals surface area (Å²) in [5.41, 5.74) is 0.277. The second-order valence-corrected chi connectivity index (χ2v) is 5.76. The molecule has 0 aliphatic carbocycles.